The molecule has 0 aliphatic heterocycles. The van der Waals surface area contributed by atoms with Gasteiger partial charge in [-0.2, -0.15) is 0 Å². The second-order valence-electron chi connectivity index (χ2n) is 7.03. The third-order valence-electron chi connectivity index (χ3n) is 4.72. The number of hydrogen-bond donors (Lipinski definition) is 0. The van der Waals surface area contributed by atoms with E-state index in [0.29, 0.717) is 0 Å². The highest BCUT2D eigenvalue weighted by Crippen LogP contribution is 2.38. The van der Waals surface area contributed by atoms with Gasteiger partial charge in [-0.15, -0.1) is 0 Å². The standard InChI is InChI=1S/C19H32O/c1-8-13-20-17-12-11-15(18(4,5)9-2)14-16(17)19(6,7)10-3/h11-12,14H,8-10,13H2,1-7H3. The summed E-state index contributed by atoms with van der Waals surface area (Å²) in [5.41, 5.74) is 3.15. The first-order valence-electron chi connectivity index (χ1n) is 8.06. The van der Waals surface area contributed by atoms with Crippen LogP contribution in [0.1, 0.15) is 78.9 Å². The zero-order chi connectivity index (χ0) is 15.4. The molecule has 20 heavy (non-hydrogen) atoms. The summed E-state index contributed by atoms with van der Waals surface area (Å²) in [6.45, 7) is 16.7. The summed E-state index contributed by atoms with van der Waals surface area (Å²) in [4.78, 5) is 0. The van der Waals surface area contributed by atoms with Crippen LogP contribution in [0.15, 0.2) is 18.2 Å². The first-order valence-corrected chi connectivity index (χ1v) is 8.06. The summed E-state index contributed by atoms with van der Waals surface area (Å²) in [6, 6.07) is 6.79. The first-order chi connectivity index (χ1) is 9.28. The Bertz CT molecular complexity index is 429. The van der Waals surface area contributed by atoms with Crippen LogP contribution in [-0.4, -0.2) is 6.61 Å². The van der Waals surface area contributed by atoms with Crippen molar-refractivity contribution in [1.82, 2.24) is 0 Å². The van der Waals surface area contributed by atoms with Gasteiger partial charge in [-0.1, -0.05) is 60.6 Å². The molecular formula is C19H32O. The predicted molar refractivity (Wildman–Crippen MR) is 88.9 cm³/mol. The quantitative estimate of drug-likeness (QED) is 0.607. The molecule has 1 heteroatoms. The molecule has 0 N–H and O–H groups in total. The van der Waals surface area contributed by atoms with E-state index in [1.54, 1.807) is 0 Å². The van der Waals surface area contributed by atoms with E-state index in [0.717, 1.165) is 31.6 Å². The van der Waals surface area contributed by atoms with Gasteiger partial charge in [0.2, 0.25) is 0 Å². The van der Waals surface area contributed by atoms with E-state index in [9.17, 15) is 0 Å². The van der Waals surface area contributed by atoms with Gasteiger partial charge in [-0.3, -0.25) is 0 Å². The van der Waals surface area contributed by atoms with Crippen molar-refractivity contribution in [3.05, 3.63) is 29.3 Å². The van der Waals surface area contributed by atoms with Crippen LogP contribution in [0.4, 0.5) is 0 Å². The minimum atomic E-state index is 0.156. The maximum atomic E-state index is 5.98. The summed E-state index contributed by atoms with van der Waals surface area (Å²) < 4.78 is 5.98. The Hall–Kier alpha value is -0.980. The van der Waals surface area contributed by atoms with E-state index in [-0.39, 0.29) is 10.8 Å². The molecule has 1 rings (SSSR count). The molecule has 1 aromatic carbocycles. The monoisotopic (exact) mass is 276 g/mol. The molecule has 0 saturated heterocycles. The van der Waals surface area contributed by atoms with E-state index in [1.165, 1.54) is 11.1 Å². The SMILES string of the molecule is CCCOc1ccc(C(C)(C)CC)cc1C(C)(C)CC. The molecule has 0 radical (unpaired) electrons. The highest BCUT2D eigenvalue weighted by molar-refractivity contribution is 5.44. The smallest absolute Gasteiger partial charge is 0.123 e. The van der Waals surface area contributed by atoms with E-state index < -0.39 is 0 Å². The average Bonchev–Trinajstić information content (AvgIpc) is 2.44. The molecule has 1 nitrogen and oxygen atoms in total. The fourth-order valence-electron chi connectivity index (χ4n) is 2.21. The Morgan fingerprint density at radius 1 is 0.900 bits per heavy atom. The lowest BCUT2D eigenvalue weighted by Gasteiger charge is -2.30. The molecule has 0 heterocycles. The molecule has 0 amide bonds. The van der Waals surface area contributed by atoms with E-state index in [1.807, 2.05) is 0 Å². The van der Waals surface area contributed by atoms with Crippen molar-refractivity contribution >= 4 is 0 Å². The molecule has 0 bridgehead atoms. The van der Waals surface area contributed by atoms with Crippen LogP contribution in [0.25, 0.3) is 0 Å². The van der Waals surface area contributed by atoms with Crippen LogP contribution >= 0.6 is 0 Å². The summed E-state index contributed by atoms with van der Waals surface area (Å²) in [5.74, 6) is 1.06. The van der Waals surface area contributed by atoms with Gasteiger partial charge in [0.25, 0.3) is 0 Å². The second-order valence-corrected chi connectivity index (χ2v) is 7.03. The van der Waals surface area contributed by atoms with Gasteiger partial charge >= 0.3 is 0 Å². The molecular weight excluding hydrogens is 244 g/mol. The van der Waals surface area contributed by atoms with E-state index in [4.69, 9.17) is 4.74 Å². The van der Waals surface area contributed by atoms with Gasteiger partial charge in [0.05, 0.1) is 6.61 Å². The van der Waals surface area contributed by atoms with Gasteiger partial charge in [0, 0.05) is 5.56 Å². The van der Waals surface area contributed by atoms with Crippen molar-refractivity contribution < 1.29 is 4.74 Å². The van der Waals surface area contributed by atoms with Crippen LogP contribution < -0.4 is 4.74 Å². The van der Waals surface area contributed by atoms with Crippen molar-refractivity contribution in [1.29, 1.82) is 0 Å². The van der Waals surface area contributed by atoms with Crippen LogP contribution in [0.5, 0.6) is 5.75 Å². The summed E-state index contributed by atoms with van der Waals surface area (Å²) >= 11 is 0. The number of ether oxygens (including phenoxy) is 1. The van der Waals surface area contributed by atoms with Crippen LogP contribution in [0.3, 0.4) is 0 Å². The van der Waals surface area contributed by atoms with Gasteiger partial charge < -0.3 is 4.74 Å². The van der Waals surface area contributed by atoms with Crippen molar-refractivity contribution in [2.24, 2.45) is 0 Å². The highest BCUT2D eigenvalue weighted by atomic mass is 16.5. The van der Waals surface area contributed by atoms with Gasteiger partial charge in [-0.05, 0) is 41.7 Å². The highest BCUT2D eigenvalue weighted by Gasteiger charge is 2.26. The molecule has 0 unspecified atom stereocenters. The first kappa shape index (κ1) is 17.1. The molecule has 0 aliphatic carbocycles. The Balaban J connectivity index is 3.29. The minimum Gasteiger partial charge on any atom is -0.493 e. The lowest BCUT2D eigenvalue weighted by atomic mass is 9.76. The molecule has 0 atom stereocenters. The summed E-state index contributed by atoms with van der Waals surface area (Å²) in [6.07, 6.45) is 3.31. The predicted octanol–water partition coefficient (Wildman–Crippen LogP) is 5.85. The van der Waals surface area contributed by atoms with Gasteiger partial charge in [0.15, 0.2) is 0 Å². The van der Waals surface area contributed by atoms with Crippen molar-refractivity contribution in [3.63, 3.8) is 0 Å². The largest absolute Gasteiger partial charge is 0.493 e. The fraction of sp³-hybridized carbons (Fsp3) is 0.684. The molecule has 0 spiro atoms. The maximum Gasteiger partial charge on any atom is 0.123 e. The van der Waals surface area contributed by atoms with Crippen molar-refractivity contribution in [2.45, 2.75) is 78.6 Å². The molecule has 0 aromatic heterocycles. The number of benzene rings is 1. The normalized spacial score (nSPS) is 12.6. The van der Waals surface area contributed by atoms with E-state index in [2.05, 4.69) is 66.7 Å². The molecule has 0 saturated carbocycles. The summed E-state index contributed by atoms with van der Waals surface area (Å²) in [5, 5.41) is 0. The Morgan fingerprint density at radius 3 is 2.00 bits per heavy atom. The Kier molecular flexibility index (Phi) is 5.68. The maximum absolute atomic E-state index is 5.98. The second kappa shape index (κ2) is 6.65. The van der Waals surface area contributed by atoms with Crippen LogP contribution in [0, 0.1) is 0 Å². The minimum absolute atomic E-state index is 0.156. The lowest BCUT2D eigenvalue weighted by molar-refractivity contribution is 0.305. The molecule has 0 fully saturated rings. The molecule has 1 aromatic rings. The van der Waals surface area contributed by atoms with Gasteiger partial charge in [-0.25, -0.2) is 0 Å². The number of hydrogen-bond acceptors (Lipinski definition) is 1. The van der Waals surface area contributed by atoms with Crippen molar-refractivity contribution in [3.8, 4) is 5.75 Å². The third-order valence-corrected chi connectivity index (χ3v) is 4.72. The lowest BCUT2D eigenvalue weighted by Crippen LogP contribution is -2.21. The topological polar surface area (TPSA) is 9.23 Å². The zero-order valence-electron chi connectivity index (χ0n) is 14.5. The van der Waals surface area contributed by atoms with Gasteiger partial charge in [0.1, 0.15) is 5.75 Å². The van der Waals surface area contributed by atoms with Crippen LogP contribution in [0.2, 0.25) is 0 Å². The average molecular weight is 276 g/mol. The fourth-order valence-corrected chi connectivity index (χ4v) is 2.21. The third kappa shape index (κ3) is 3.77. The molecule has 0 aliphatic rings. The van der Waals surface area contributed by atoms with Crippen molar-refractivity contribution in [2.75, 3.05) is 6.61 Å². The summed E-state index contributed by atoms with van der Waals surface area (Å²) in [7, 11) is 0. The zero-order valence-corrected chi connectivity index (χ0v) is 14.5. The van der Waals surface area contributed by atoms with E-state index >= 15 is 0 Å². The number of rotatable bonds is 7. The van der Waals surface area contributed by atoms with Crippen LogP contribution in [-0.2, 0) is 10.8 Å². The molecule has 114 valence electrons. The Morgan fingerprint density at radius 2 is 1.50 bits per heavy atom. The Labute approximate surface area is 125 Å².